The van der Waals surface area contributed by atoms with E-state index in [0.29, 0.717) is 49.0 Å². The molecule has 0 unspecified atom stereocenters. The molecule has 1 N–H and O–H groups in total. The molecule has 2 aromatic heterocycles. The van der Waals surface area contributed by atoms with Crippen LogP contribution in [0.15, 0.2) is 91.3 Å². The van der Waals surface area contributed by atoms with Crippen molar-refractivity contribution < 1.29 is 32.9 Å². The number of nitrogens with one attached hydrogen (secondary N) is 1. The van der Waals surface area contributed by atoms with E-state index in [4.69, 9.17) is 28.1 Å². The molecule has 0 atom stereocenters. The van der Waals surface area contributed by atoms with Gasteiger partial charge in [0.2, 0.25) is 6.79 Å². The lowest BCUT2D eigenvalue weighted by Crippen LogP contribution is -2.16. The van der Waals surface area contributed by atoms with Crippen LogP contribution in [0.2, 0.25) is 0 Å². The second kappa shape index (κ2) is 13.8. The first-order valence-corrected chi connectivity index (χ1v) is 15.8. The van der Waals surface area contributed by atoms with Crippen LogP contribution in [0.3, 0.4) is 0 Å². The van der Waals surface area contributed by atoms with Gasteiger partial charge in [-0.3, -0.25) is 4.79 Å². The Hall–Kier alpha value is -4.68. The number of aryl methyl sites for hydroxylation is 2. The van der Waals surface area contributed by atoms with Crippen molar-refractivity contribution >= 4 is 44.0 Å². The summed E-state index contributed by atoms with van der Waals surface area (Å²) in [6.07, 6.45) is 1.49. The van der Waals surface area contributed by atoms with Crippen LogP contribution in [-0.2, 0) is 13.2 Å². The highest BCUT2D eigenvalue weighted by molar-refractivity contribution is 9.13. The molecule has 1 aliphatic rings. The molecule has 12 heteroatoms. The van der Waals surface area contributed by atoms with Gasteiger partial charge in [-0.05, 0) is 118 Å². The van der Waals surface area contributed by atoms with Crippen LogP contribution < -0.4 is 29.1 Å². The number of methoxy groups -OCH3 is 1. The van der Waals surface area contributed by atoms with Crippen LogP contribution >= 0.6 is 31.9 Å². The quantitative estimate of drug-likeness (QED) is 0.108. The molecule has 3 heterocycles. The predicted octanol–water partition coefficient (Wildman–Crippen LogP) is 7.87. The van der Waals surface area contributed by atoms with Crippen molar-refractivity contribution in [1.29, 1.82) is 0 Å². The summed E-state index contributed by atoms with van der Waals surface area (Å²) in [7, 11) is 1.55. The zero-order chi connectivity index (χ0) is 32.2. The Bertz CT molecular complexity index is 1900. The van der Waals surface area contributed by atoms with Gasteiger partial charge in [-0.1, -0.05) is 6.07 Å². The molecular formula is C34H29Br2N3O7. The van der Waals surface area contributed by atoms with Crippen LogP contribution in [0.1, 0.15) is 38.8 Å². The second-order valence-corrected chi connectivity index (χ2v) is 11.9. The van der Waals surface area contributed by atoms with Gasteiger partial charge in [0.05, 0.1) is 17.8 Å². The number of halogens is 2. The number of furan rings is 1. The standard InChI is InChI=1S/C34H29Br2N3O7/c1-20-4-5-21(2)39(20)24-7-9-25(10-8-24)42-18-26-11-13-28(46-26)34(40)38-37-16-23-15-30(41-3)33(32(36)31(23)35)43-17-22-6-12-27-29(14-22)45-19-44-27/h4-16H,17-19H2,1-3H3,(H,38,40)/b37-16+. The fourth-order valence-corrected chi connectivity index (χ4v) is 5.82. The molecule has 0 aliphatic carbocycles. The third-order valence-electron chi connectivity index (χ3n) is 7.20. The highest BCUT2D eigenvalue weighted by Gasteiger charge is 2.19. The first-order valence-electron chi connectivity index (χ1n) is 14.2. The van der Waals surface area contributed by atoms with Crippen LogP contribution in [0, 0.1) is 13.8 Å². The van der Waals surface area contributed by atoms with E-state index in [0.717, 1.165) is 22.6 Å². The van der Waals surface area contributed by atoms with E-state index in [1.54, 1.807) is 25.3 Å². The van der Waals surface area contributed by atoms with Gasteiger partial charge in [0.15, 0.2) is 28.8 Å². The minimum atomic E-state index is -0.504. The van der Waals surface area contributed by atoms with Crippen molar-refractivity contribution in [3.8, 4) is 34.4 Å². The van der Waals surface area contributed by atoms with Crippen molar-refractivity contribution in [2.45, 2.75) is 27.1 Å². The third-order valence-corrected chi connectivity index (χ3v) is 9.34. The zero-order valence-corrected chi connectivity index (χ0v) is 28.3. The molecule has 0 fully saturated rings. The number of carbonyl (C=O) groups excluding carboxylic acids is 1. The van der Waals surface area contributed by atoms with Crippen LogP contribution in [-0.4, -0.2) is 30.6 Å². The summed E-state index contributed by atoms with van der Waals surface area (Å²) in [6, 6.07) is 22.6. The minimum Gasteiger partial charge on any atom is -0.493 e. The minimum absolute atomic E-state index is 0.106. The van der Waals surface area contributed by atoms with Crippen molar-refractivity contribution in [2.24, 2.45) is 5.10 Å². The maximum absolute atomic E-state index is 12.7. The number of fused-ring (bicyclic) bond motifs is 1. The summed E-state index contributed by atoms with van der Waals surface area (Å²) in [4.78, 5) is 12.7. The number of rotatable bonds is 11. The average molecular weight is 751 g/mol. The van der Waals surface area contributed by atoms with Crippen LogP contribution in [0.5, 0.6) is 28.7 Å². The summed E-state index contributed by atoms with van der Waals surface area (Å²) < 4.78 is 37.5. The molecule has 3 aromatic carbocycles. The molecule has 1 aliphatic heterocycles. The lowest BCUT2D eigenvalue weighted by molar-refractivity contribution is 0.0923. The van der Waals surface area contributed by atoms with Crippen molar-refractivity contribution in [3.63, 3.8) is 0 Å². The SMILES string of the molecule is COc1cc(/C=N/NC(=O)c2ccc(COc3ccc(-n4c(C)ccc4C)cc3)o2)c(Br)c(Br)c1OCc1ccc2c(c1)OCO2. The second-order valence-electron chi connectivity index (χ2n) is 10.3. The first kappa shape index (κ1) is 31.3. The Morgan fingerprint density at radius 3 is 2.43 bits per heavy atom. The van der Waals surface area contributed by atoms with E-state index in [1.807, 2.05) is 42.5 Å². The fraction of sp³-hybridized carbons (Fsp3) is 0.176. The van der Waals surface area contributed by atoms with Crippen molar-refractivity contribution in [1.82, 2.24) is 9.99 Å². The summed E-state index contributed by atoms with van der Waals surface area (Å²) in [5.41, 5.74) is 7.42. The van der Waals surface area contributed by atoms with E-state index in [1.165, 1.54) is 6.21 Å². The fourth-order valence-electron chi connectivity index (χ4n) is 4.89. The molecule has 0 radical (unpaired) electrons. The number of hydrogen-bond acceptors (Lipinski definition) is 8. The van der Waals surface area contributed by atoms with Gasteiger partial charge in [0.1, 0.15) is 24.7 Å². The monoisotopic (exact) mass is 749 g/mol. The first-order chi connectivity index (χ1) is 22.3. The molecule has 0 saturated heterocycles. The number of benzene rings is 3. The average Bonchev–Trinajstić information content (AvgIpc) is 3.82. The maximum atomic E-state index is 12.7. The Balaban J connectivity index is 1.04. The van der Waals surface area contributed by atoms with Crippen LogP contribution in [0.4, 0.5) is 0 Å². The zero-order valence-electron chi connectivity index (χ0n) is 25.1. The molecule has 0 saturated carbocycles. The number of hydrazone groups is 1. The molecule has 0 spiro atoms. The Morgan fingerprint density at radius 2 is 1.67 bits per heavy atom. The van der Waals surface area contributed by atoms with Gasteiger partial charge in [-0.25, -0.2) is 5.43 Å². The normalized spacial score (nSPS) is 12.0. The molecule has 5 aromatic rings. The van der Waals surface area contributed by atoms with Crippen LogP contribution in [0.25, 0.3) is 5.69 Å². The van der Waals surface area contributed by atoms with E-state index in [9.17, 15) is 4.79 Å². The number of hydrogen-bond donors (Lipinski definition) is 1. The maximum Gasteiger partial charge on any atom is 0.307 e. The van der Waals surface area contributed by atoms with Gasteiger partial charge in [-0.15, -0.1) is 0 Å². The molecule has 1 amide bonds. The summed E-state index contributed by atoms with van der Waals surface area (Å²) >= 11 is 7.16. The topological polar surface area (TPSA) is 106 Å². The summed E-state index contributed by atoms with van der Waals surface area (Å²) in [5.74, 6) is 3.16. The van der Waals surface area contributed by atoms with Gasteiger partial charge >= 0.3 is 5.91 Å². The number of amides is 1. The molecular weight excluding hydrogens is 722 g/mol. The Labute approximate surface area is 282 Å². The summed E-state index contributed by atoms with van der Waals surface area (Å²) in [5, 5.41) is 4.11. The molecule has 6 rings (SSSR count). The van der Waals surface area contributed by atoms with Crippen molar-refractivity contribution in [3.05, 3.63) is 116 Å². The highest BCUT2D eigenvalue weighted by atomic mass is 79.9. The smallest absolute Gasteiger partial charge is 0.307 e. The predicted molar refractivity (Wildman–Crippen MR) is 179 cm³/mol. The van der Waals surface area contributed by atoms with E-state index in [2.05, 4.69) is 72.9 Å². The third kappa shape index (κ3) is 6.77. The number of ether oxygens (including phenoxy) is 5. The lowest BCUT2D eigenvalue weighted by atomic mass is 10.2. The summed E-state index contributed by atoms with van der Waals surface area (Å²) in [6.45, 7) is 4.79. The number of nitrogens with zero attached hydrogens (tertiary/aromatic N) is 2. The van der Waals surface area contributed by atoms with E-state index in [-0.39, 0.29) is 25.8 Å². The largest absolute Gasteiger partial charge is 0.493 e. The Morgan fingerprint density at radius 1 is 0.913 bits per heavy atom. The Kier molecular flexibility index (Phi) is 9.36. The number of aromatic nitrogens is 1. The van der Waals surface area contributed by atoms with Gasteiger partial charge < -0.3 is 32.7 Å². The van der Waals surface area contributed by atoms with Gasteiger partial charge in [-0.2, -0.15) is 5.10 Å². The molecule has 46 heavy (non-hydrogen) atoms. The highest BCUT2D eigenvalue weighted by Crippen LogP contribution is 2.43. The number of carbonyl (C=O) groups is 1. The van der Waals surface area contributed by atoms with Gasteiger partial charge in [0.25, 0.3) is 0 Å². The van der Waals surface area contributed by atoms with E-state index >= 15 is 0 Å². The van der Waals surface area contributed by atoms with Crippen molar-refractivity contribution in [2.75, 3.05) is 13.9 Å². The molecule has 0 bridgehead atoms. The molecule has 10 nitrogen and oxygen atoms in total. The van der Waals surface area contributed by atoms with Gasteiger partial charge in [0, 0.05) is 27.1 Å². The van der Waals surface area contributed by atoms with E-state index < -0.39 is 5.91 Å². The molecule has 236 valence electrons. The lowest BCUT2D eigenvalue weighted by Gasteiger charge is -2.15.